The molecule has 0 saturated carbocycles. The number of nitrogens with one attached hydrogen (secondary N) is 1. The Hall–Kier alpha value is -1.43. The maximum Gasteiger partial charge on any atom is 0.241 e. The molecular formula is C20H30N2O3. The van der Waals surface area contributed by atoms with E-state index < -0.39 is 11.6 Å². The Balaban J connectivity index is 1.72. The summed E-state index contributed by atoms with van der Waals surface area (Å²) in [6, 6.07) is 8.38. The van der Waals surface area contributed by atoms with Gasteiger partial charge in [-0.2, -0.15) is 0 Å². The van der Waals surface area contributed by atoms with Gasteiger partial charge in [-0.25, -0.2) is 0 Å². The van der Waals surface area contributed by atoms with Crippen LogP contribution >= 0.6 is 0 Å². The van der Waals surface area contributed by atoms with E-state index in [1.54, 1.807) is 0 Å². The van der Waals surface area contributed by atoms with Gasteiger partial charge in [-0.05, 0) is 44.0 Å². The van der Waals surface area contributed by atoms with Crippen molar-refractivity contribution in [1.29, 1.82) is 0 Å². The molecule has 1 aromatic rings. The van der Waals surface area contributed by atoms with Crippen molar-refractivity contribution < 1.29 is 14.6 Å². The Bertz CT molecular complexity index is 559. The van der Waals surface area contributed by atoms with Crippen LogP contribution in [0.15, 0.2) is 24.3 Å². The van der Waals surface area contributed by atoms with Gasteiger partial charge in [0, 0.05) is 26.0 Å². The van der Waals surface area contributed by atoms with Gasteiger partial charge in [-0.3, -0.25) is 9.69 Å². The topological polar surface area (TPSA) is 61.8 Å². The zero-order valence-corrected chi connectivity index (χ0v) is 15.2. The van der Waals surface area contributed by atoms with E-state index in [0.717, 1.165) is 38.8 Å². The van der Waals surface area contributed by atoms with Crippen molar-refractivity contribution in [2.24, 2.45) is 0 Å². The minimum atomic E-state index is -0.661. The number of benzene rings is 1. The van der Waals surface area contributed by atoms with Crippen molar-refractivity contribution >= 4 is 5.91 Å². The van der Waals surface area contributed by atoms with E-state index in [4.69, 9.17) is 4.74 Å². The van der Waals surface area contributed by atoms with Gasteiger partial charge in [0.2, 0.25) is 5.91 Å². The molecule has 1 aromatic carbocycles. The lowest BCUT2D eigenvalue weighted by atomic mass is 9.89. The number of ether oxygens (including phenoxy) is 1. The van der Waals surface area contributed by atoms with E-state index in [-0.39, 0.29) is 19.1 Å². The summed E-state index contributed by atoms with van der Waals surface area (Å²) in [5.74, 6) is 0.0427. The Morgan fingerprint density at radius 1 is 1.24 bits per heavy atom. The number of carbonyl (C=O) groups is 1. The summed E-state index contributed by atoms with van der Waals surface area (Å²) in [7, 11) is 0. The molecule has 1 aliphatic carbocycles. The molecule has 2 aliphatic rings. The van der Waals surface area contributed by atoms with Crippen molar-refractivity contribution in [2.45, 2.75) is 50.7 Å². The van der Waals surface area contributed by atoms with Gasteiger partial charge in [0.15, 0.2) is 0 Å². The van der Waals surface area contributed by atoms with Gasteiger partial charge in [-0.15, -0.1) is 0 Å². The Morgan fingerprint density at radius 3 is 2.48 bits per heavy atom. The molecule has 0 unspecified atom stereocenters. The molecule has 1 aliphatic heterocycles. The minimum Gasteiger partial charge on any atom is -0.389 e. The maximum absolute atomic E-state index is 13.2. The summed E-state index contributed by atoms with van der Waals surface area (Å²) < 4.78 is 5.23. The molecule has 1 fully saturated rings. The number of piperidine rings is 1. The summed E-state index contributed by atoms with van der Waals surface area (Å²) >= 11 is 0. The predicted molar refractivity (Wildman–Crippen MR) is 97.5 cm³/mol. The van der Waals surface area contributed by atoms with Crippen molar-refractivity contribution in [3.63, 3.8) is 0 Å². The number of nitrogens with zero attached hydrogens (tertiary/aromatic N) is 1. The normalized spacial score (nSPS) is 20.9. The van der Waals surface area contributed by atoms with Gasteiger partial charge in [0.05, 0.1) is 12.7 Å². The van der Waals surface area contributed by atoms with Gasteiger partial charge in [0.1, 0.15) is 5.54 Å². The van der Waals surface area contributed by atoms with Crippen LogP contribution in [-0.4, -0.2) is 60.4 Å². The predicted octanol–water partition coefficient (Wildman–Crippen LogP) is 1.52. The molecule has 1 atom stereocenters. The number of aliphatic hydroxyl groups excluding tert-OH is 1. The first-order valence-electron chi connectivity index (χ1n) is 9.51. The van der Waals surface area contributed by atoms with Crippen molar-refractivity contribution in [2.75, 3.05) is 32.8 Å². The lowest BCUT2D eigenvalue weighted by Gasteiger charge is -2.42. The van der Waals surface area contributed by atoms with Crippen molar-refractivity contribution in [1.82, 2.24) is 10.2 Å². The molecular weight excluding hydrogens is 316 g/mol. The summed E-state index contributed by atoms with van der Waals surface area (Å²) in [6.07, 6.45) is 4.41. The molecule has 0 bridgehead atoms. The van der Waals surface area contributed by atoms with Gasteiger partial charge < -0.3 is 15.2 Å². The van der Waals surface area contributed by atoms with Gasteiger partial charge >= 0.3 is 0 Å². The molecule has 1 heterocycles. The number of likely N-dealkylation sites (tertiary alicyclic amines) is 1. The van der Waals surface area contributed by atoms with E-state index in [1.807, 2.05) is 6.92 Å². The summed E-state index contributed by atoms with van der Waals surface area (Å²) in [4.78, 5) is 15.6. The third-order valence-electron chi connectivity index (χ3n) is 5.48. The number of fused-ring (bicyclic) bond motifs is 1. The molecule has 0 radical (unpaired) electrons. The number of carbonyl (C=O) groups excluding carboxylic acids is 1. The lowest BCUT2D eigenvalue weighted by molar-refractivity contribution is -0.134. The van der Waals surface area contributed by atoms with Crippen LogP contribution in [0.1, 0.15) is 37.3 Å². The second-order valence-corrected chi connectivity index (χ2v) is 7.22. The molecule has 5 nitrogen and oxygen atoms in total. The monoisotopic (exact) mass is 346 g/mol. The Morgan fingerprint density at radius 2 is 1.88 bits per heavy atom. The van der Waals surface area contributed by atoms with Crippen molar-refractivity contribution in [3.05, 3.63) is 35.4 Å². The number of amides is 1. The molecule has 5 heteroatoms. The molecule has 3 rings (SSSR count). The zero-order chi connectivity index (χ0) is 17.7. The highest BCUT2D eigenvalue weighted by Gasteiger charge is 2.48. The highest BCUT2D eigenvalue weighted by molar-refractivity contribution is 5.88. The average molecular weight is 346 g/mol. The second-order valence-electron chi connectivity index (χ2n) is 7.22. The van der Waals surface area contributed by atoms with Crippen molar-refractivity contribution in [3.8, 4) is 0 Å². The fourth-order valence-electron chi connectivity index (χ4n) is 4.13. The second kappa shape index (κ2) is 8.30. The van der Waals surface area contributed by atoms with Gasteiger partial charge in [-0.1, -0.05) is 30.7 Å². The summed E-state index contributed by atoms with van der Waals surface area (Å²) in [5.41, 5.74) is 2.05. The van der Waals surface area contributed by atoms with Gasteiger partial charge in [0.25, 0.3) is 0 Å². The highest BCUT2D eigenvalue weighted by atomic mass is 16.5. The van der Waals surface area contributed by atoms with Crippen LogP contribution in [0.5, 0.6) is 0 Å². The molecule has 1 amide bonds. The lowest BCUT2D eigenvalue weighted by Crippen LogP contribution is -2.61. The van der Waals surface area contributed by atoms with E-state index >= 15 is 0 Å². The van der Waals surface area contributed by atoms with Crippen LogP contribution in [0.3, 0.4) is 0 Å². The first kappa shape index (κ1) is 18.4. The average Bonchev–Trinajstić information content (AvgIpc) is 3.06. The van der Waals surface area contributed by atoms with E-state index in [0.29, 0.717) is 6.61 Å². The largest absolute Gasteiger partial charge is 0.389 e. The Labute approximate surface area is 150 Å². The number of rotatable bonds is 7. The standard InChI is InChI=1S/C20H30N2O3/c1-2-25-15-18(23)14-21-19(24)20(22-10-6-3-7-11-22)12-16-8-4-5-9-17(16)13-20/h4-5,8-9,18,23H,2-3,6-7,10-15H2,1H3,(H,21,24)/t18-/m0/s1. The van der Waals surface area contributed by atoms with Crippen LogP contribution < -0.4 is 5.32 Å². The molecule has 25 heavy (non-hydrogen) atoms. The fourth-order valence-corrected chi connectivity index (χ4v) is 4.13. The number of aliphatic hydroxyl groups is 1. The smallest absolute Gasteiger partial charge is 0.241 e. The van der Waals surface area contributed by atoms with Crippen LogP contribution in [-0.2, 0) is 22.4 Å². The SMILES string of the molecule is CCOC[C@@H](O)CNC(=O)C1(N2CCCCC2)Cc2ccccc2C1. The summed E-state index contributed by atoms with van der Waals surface area (Å²) in [6.45, 7) is 4.91. The molecule has 138 valence electrons. The highest BCUT2D eigenvalue weighted by Crippen LogP contribution is 2.36. The first-order chi connectivity index (χ1) is 12.2. The quantitative estimate of drug-likeness (QED) is 0.786. The summed E-state index contributed by atoms with van der Waals surface area (Å²) in [5, 5.41) is 13.0. The third kappa shape index (κ3) is 4.05. The molecule has 2 N–H and O–H groups in total. The first-order valence-corrected chi connectivity index (χ1v) is 9.51. The van der Waals surface area contributed by atoms with Crippen LogP contribution in [0.25, 0.3) is 0 Å². The van der Waals surface area contributed by atoms with Crippen LogP contribution in [0, 0.1) is 0 Å². The number of hydrogen-bond donors (Lipinski definition) is 2. The van der Waals surface area contributed by atoms with Crippen LogP contribution in [0.2, 0.25) is 0 Å². The third-order valence-corrected chi connectivity index (χ3v) is 5.48. The van der Waals surface area contributed by atoms with E-state index in [9.17, 15) is 9.90 Å². The molecule has 0 aromatic heterocycles. The number of hydrogen-bond acceptors (Lipinski definition) is 4. The minimum absolute atomic E-state index is 0.0427. The molecule has 0 spiro atoms. The Kier molecular flexibility index (Phi) is 6.10. The fraction of sp³-hybridized carbons (Fsp3) is 0.650. The van der Waals surface area contributed by atoms with E-state index in [2.05, 4.69) is 34.5 Å². The molecule has 1 saturated heterocycles. The van der Waals surface area contributed by atoms with Crippen LogP contribution in [0.4, 0.5) is 0 Å². The zero-order valence-electron chi connectivity index (χ0n) is 15.2. The van der Waals surface area contributed by atoms with E-state index in [1.165, 1.54) is 17.5 Å². The maximum atomic E-state index is 13.2.